The molecule has 104 valence electrons. The molecule has 0 aliphatic heterocycles. The Bertz CT molecular complexity index is 677. The lowest BCUT2D eigenvalue weighted by Gasteiger charge is -2.01. The van der Waals surface area contributed by atoms with Gasteiger partial charge in [0, 0.05) is 17.0 Å². The number of allylic oxidation sites excluding steroid dienone is 1. The Morgan fingerprint density at radius 2 is 1.48 bits per heavy atom. The molecule has 2 heteroatoms. The van der Waals surface area contributed by atoms with Gasteiger partial charge in [0.2, 0.25) is 0 Å². The fraction of sp³-hybridized carbons (Fsp3) is 0.158. The summed E-state index contributed by atoms with van der Waals surface area (Å²) < 4.78 is 0. The summed E-state index contributed by atoms with van der Waals surface area (Å²) >= 11 is 0. The molecule has 0 amide bonds. The Hall–Kier alpha value is -2.48. The van der Waals surface area contributed by atoms with Crippen molar-refractivity contribution in [3.8, 4) is 0 Å². The van der Waals surface area contributed by atoms with E-state index in [-0.39, 0.29) is 17.5 Å². The van der Waals surface area contributed by atoms with E-state index in [4.69, 9.17) is 0 Å². The molecule has 0 radical (unpaired) electrons. The zero-order valence-electron chi connectivity index (χ0n) is 11.7. The van der Waals surface area contributed by atoms with Gasteiger partial charge in [0.15, 0.2) is 11.6 Å². The van der Waals surface area contributed by atoms with Gasteiger partial charge in [-0.1, -0.05) is 60.7 Å². The molecule has 2 nitrogen and oxygen atoms in total. The number of hydrogen-bond acceptors (Lipinski definition) is 2. The fourth-order valence-corrected chi connectivity index (χ4v) is 2.18. The van der Waals surface area contributed by atoms with Crippen molar-refractivity contribution in [2.45, 2.75) is 12.8 Å². The van der Waals surface area contributed by atoms with E-state index < -0.39 is 0 Å². The third-order valence-electron chi connectivity index (χ3n) is 3.63. The summed E-state index contributed by atoms with van der Waals surface area (Å²) in [6.07, 6.45) is 5.50. The Balaban J connectivity index is 1.72. The van der Waals surface area contributed by atoms with Gasteiger partial charge in [-0.3, -0.25) is 9.59 Å². The van der Waals surface area contributed by atoms with Gasteiger partial charge in [-0.2, -0.15) is 0 Å². The van der Waals surface area contributed by atoms with Crippen LogP contribution in [0.15, 0.2) is 60.7 Å². The summed E-state index contributed by atoms with van der Waals surface area (Å²) in [6.45, 7) is 0. The maximum atomic E-state index is 12.2. The van der Waals surface area contributed by atoms with Gasteiger partial charge in [0.1, 0.15) is 0 Å². The Kier molecular flexibility index (Phi) is 3.78. The predicted octanol–water partition coefficient (Wildman–Crippen LogP) is 3.91. The highest BCUT2D eigenvalue weighted by molar-refractivity contribution is 6.09. The van der Waals surface area contributed by atoms with Crippen LogP contribution in [0.25, 0.3) is 6.08 Å². The molecular weight excluding hydrogens is 260 g/mol. The first-order chi connectivity index (χ1) is 10.2. The largest absolute Gasteiger partial charge is 0.295 e. The van der Waals surface area contributed by atoms with Crippen LogP contribution in [-0.4, -0.2) is 11.6 Å². The lowest BCUT2D eigenvalue weighted by molar-refractivity contribution is -0.115. The molecule has 2 aromatic carbocycles. The minimum absolute atomic E-state index is 0.0141. The van der Waals surface area contributed by atoms with Crippen molar-refractivity contribution in [2.75, 3.05) is 0 Å². The third-order valence-corrected chi connectivity index (χ3v) is 3.63. The van der Waals surface area contributed by atoms with Crippen molar-refractivity contribution in [3.63, 3.8) is 0 Å². The highest BCUT2D eigenvalue weighted by Crippen LogP contribution is 2.30. The van der Waals surface area contributed by atoms with E-state index in [1.807, 2.05) is 48.5 Å². The van der Waals surface area contributed by atoms with Crippen molar-refractivity contribution < 1.29 is 9.59 Å². The minimum Gasteiger partial charge on any atom is -0.295 e. The molecule has 0 aromatic heterocycles. The van der Waals surface area contributed by atoms with E-state index in [0.29, 0.717) is 11.1 Å². The predicted molar refractivity (Wildman–Crippen MR) is 83.1 cm³/mol. The summed E-state index contributed by atoms with van der Waals surface area (Å²) in [6, 6.07) is 16.6. The molecule has 0 heterocycles. The first-order valence-electron chi connectivity index (χ1n) is 7.16. The number of carbonyl (C=O) groups excluding carboxylic acids is 2. The molecule has 21 heavy (non-hydrogen) atoms. The van der Waals surface area contributed by atoms with Crippen molar-refractivity contribution >= 4 is 17.6 Å². The zero-order valence-corrected chi connectivity index (χ0v) is 11.7. The second-order valence-corrected chi connectivity index (χ2v) is 5.33. The third kappa shape index (κ3) is 3.34. The summed E-state index contributed by atoms with van der Waals surface area (Å²) in [5.41, 5.74) is 2.28. The summed E-state index contributed by atoms with van der Waals surface area (Å²) in [7, 11) is 0. The van der Waals surface area contributed by atoms with Gasteiger partial charge >= 0.3 is 0 Å². The second-order valence-electron chi connectivity index (χ2n) is 5.33. The number of benzene rings is 2. The molecule has 2 aromatic rings. The van der Waals surface area contributed by atoms with Gasteiger partial charge in [-0.25, -0.2) is 0 Å². The molecule has 0 unspecified atom stereocenters. The molecule has 1 fully saturated rings. The average Bonchev–Trinajstić information content (AvgIpc) is 3.38. The van der Waals surface area contributed by atoms with E-state index in [2.05, 4.69) is 0 Å². The molecule has 1 aliphatic rings. The molecular formula is C19H16O2. The second kappa shape index (κ2) is 5.88. The van der Waals surface area contributed by atoms with Crippen LogP contribution in [0.1, 0.15) is 34.3 Å². The van der Waals surface area contributed by atoms with Gasteiger partial charge < -0.3 is 0 Å². The standard InChI is InChI=1S/C19H16O2/c20-18(15-11-12-15)13-8-14-6-9-17(10-7-14)19(21)16-4-2-1-3-5-16/h1-10,13,15H,11-12H2. The van der Waals surface area contributed by atoms with Crippen LogP contribution in [0.2, 0.25) is 0 Å². The number of carbonyl (C=O) groups is 2. The zero-order chi connectivity index (χ0) is 14.7. The van der Waals surface area contributed by atoms with Crippen molar-refractivity contribution in [1.82, 2.24) is 0 Å². The monoisotopic (exact) mass is 276 g/mol. The van der Waals surface area contributed by atoms with Crippen molar-refractivity contribution in [3.05, 3.63) is 77.4 Å². The smallest absolute Gasteiger partial charge is 0.193 e. The topological polar surface area (TPSA) is 34.1 Å². The lowest BCUT2D eigenvalue weighted by atomic mass is 10.0. The quantitative estimate of drug-likeness (QED) is 0.613. The van der Waals surface area contributed by atoms with Gasteiger partial charge in [0.25, 0.3) is 0 Å². The Morgan fingerprint density at radius 1 is 0.857 bits per heavy atom. The maximum Gasteiger partial charge on any atom is 0.193 e. The lowest BCUT2D eigenvalue weighted by Crippen LogP contribution is -2.00. The average molecular weight is 276 g/mol. The van der Waals surface area contributed by atoms with Crippen molar-refractivity contribution in [2.24, 2.45) is 5.92 Å². The SMILES string of the molecule is O=C(c1ccccc1)c1ccc(C=CC(=O)C2CC2)cc1. The molecule has 0 saturated heterocycles. The van der Waals surface area contributed by atoms with Crippen molar-refractivity contribution in [1.29, 1.82) is 0 Å². The van der Waals surface area contributed by atoms with E-state index >= 15 is 0 Å². The fourth-order valence-electron chi connectivity index (χ4n) is 2.18. The van der Waals surface area contributed by atoms with Crippen LogP contribution in [0.3, 0.4) is 0 Å². The highest BCUT2D eigenvalue weighted by atomic mass is 16.1. The van der Waals surface area contributed by atoms with E-state index in [1.165, 1.54) is 0 Å². The summed E-state index contributed by atoms with van der Waals surface area (Å²) in [4.78, 5) is 23.8. The maximum absolute atomic E-state index is 12.2. The first-order valence-corrected chi connectivity index (χ1v) is 7.16. The molecule has 1 saturated carbocycles. The van der Waals surface area contributed by atoms with Crippen LogP contribution >= 0.6 is 0 Å². The molecule has 1 aliphatic carbocycles. The highest BCUT2D eigenvalue weighted by Gasteiger charge is 2.27. The van der Waals surface area contributed by atoms with Crippen LogP contribution in [0.4, 0.5) is 0 Å². The molecule has 0 spiro atoms. The number of hydrogen-bond donors (Lipinski definition) is 0. The molecule has 0 bridgehead atoms. The molecule has 0 atom stereocenters. The van der Waals surface area contributed by atoms with Gasteiger partial charge in [-0.15, -0.1) is 0 Å². The van der Waals surface area contributed by atoms with Crippen LogP contribution in [0, 0.1) is 5.92 Å². The Morgan fingerprint density at radius 3 is 2.10 bits per heavy atom. The van der Waals surface area contributed by atoms with E-state index in [1.54, 1.807) is 18.2 Å². The molecule has 0 N–H and O–H groups in total. The van der Waals surface area contributed by atoms with Crippen LogP contribution in [0.5, 0.6) is 0 Å². The van der Waals surface area contributed by atoms with Gasteiger partial charge in [-0.05, 0) is 24.5 Å². The molecule has 3 rings (SSSR count). The van der Waals surface area contributed by atoms with Gasteiger partial charge in [0.05, 0.1) is 0 Å². The van der Waals surface area contributed by atoms with E-state index in [0.717, 1.165) is 18.4 Å². The number of rotatable bonds is 5. The Labute approximate surface area is 124 Å². The summed E-state index contributed by atoms with van der Waals surface area (Å²) in [5, 5.41) is 0. The number of ketones is 2. The normalized spacial score (nSPS) is 14.3. The van der Waals surface area contributed by atoms with E-state index in [9.17, 15) is 9.59 Å². The summed E-state index contributed by atoms with van der Waals surface area (Å²) in [5.74, 6) is 0.472. The minimum atomic E-state index is 0.0141. The first kappa shape index (κ1) is 13.5. The van der Waals surface area contributed by atoms with Crippen LogP contribution in [-0.2, 0) is 4.79 Å². The van der Waals surface area contributed by atoms with Crippen LogP contribution < -0.4 is 0 Å².